The number of likely N-dealkylation sites (tertiary alicyclic amines) is 1. The predicted molar refractivity (Wildman–Crippen MR) is 69.9 cm³/mol. The maximum absolute atomic E-state index is 12.0. The van der Waals surface area contributed by atoms with Crippen LogP contribution in [0, 0.1) is 0 Å². The highest BCUT2D eigenvalue weighted by Crippen LogP contribution is 2.18. The molecule has 1 saturated heterocycles. The van der Waals surface area contributed by atoms with Crippen molar-refractivity contribution in [2.45, 2.75) is 38.0 Å². The molecule has 1 aliphatic heterocycles. The van der Waals surface area contributed by atoms with Gasteiger partial charge in [-0.1, -0.05) is 0 Å². The molecule has 1 fully saturated rings. The summed E-state index contributed by atoms with van der Waals surface area (Å²) in [4.78, 5) is 26.2. The Morgan fingerprint density at radius 3 is 2.47 bits per heavy atom. The van der Waals surface area contributed by atoms with Gasteiger partial charge >= 0.3 is 12.0 Å². The van der Waals surface area contributed by atoms with E-state index in [4.69, 9.17) is 5.11 Å². The topological polar surface area (TPSA) is 93.1 Å². The van der Waals surface area contributed by atoms with Crippen molar-refractivity contribution in [1.82, 2.24) is 15.1 Å². The molecule has 3 N–H and O–H groups in total. The number of hydrogen-bond acceptors (Lipinski definition) is 4. The number of carbonyl (C=O) groups excluding carboxylic acids is 1. The Labute approximate surface area is 113 Å². The molecule has 1 heterocycles. The van der Waals surface area contributed by atoms with Gasteiger partial charge in [0, 0.05) is 25.0 Å². The highest BCUT2D eigenvalue weighted by Gasteiger charge is 2.39. The van der Waals surface area contributed by atoms with Gasteiger partial charge < -0.3 is 25.3 Å². The average Bonchev–Trinajstić information content (AvgIpc) is 2.68. The normalized spacial score (nSPS) is 23.8. The zero-order chi connectivity index (χ0) is 14.8. The lowest BCUT2D eigenvalue weighted by molar-refractivity contribution is -0.141. The van der Waals surface area contributed by atoms with Crippen molar-refractivity contribution in [2.75, 3.05) is 27.2 Å². The van der Waals surface area contributed by atoms with E-state index in [0.29, 0.717) is 6.54 Å². The fourth-order valence-electron chi connectivity index (χ4n) is 1.82. The first-order valence-electron chi connectivity index (χ1n) is 6.28. The molecule has 1 rings (SSSR count). The van der Waals surface area contributed by atoms with Gasteiger partial charge in [-0.15, -0.1) is 0 Å². The summed E-state index contributed by atoms with van der Waals surface area (Å²) in [6, 6.07) is -1.39. The zero-order valence-corrected chi connectivity index (χ0v) is 11.9. The van der Waals surface area contributed by atoms with Crippen LogP contribution >= 0.6 is 0 Å². The first-order valence-corrected chi connectivity index (χ1v) is 6.28. The number of β-amino-alcohol motifs (C(OH)–C–C–N with tert-alkyl or cyclic N) is 1. The first kappa shape index (κ1) is 15.7. The molecular weight excluding hydrogens is 250 g/mol. The van der Waals surface area contributed by atoms with Crippen molar-refractivity contribution in [2.24, 2.45) is 0 Å². The Morgan fingerprint density at radius 2 is 2.00 bits per heavy atom. The average molecular weight is 273 g/mol. The summed E-state index contributed by atoms with van der Waals surface area (Å²) in [5.41, 5.74) is -0.229. The number of likely N-dealkylation sites (N-methyl/N-ethyl adjacent to an activating group) is 1. The van der Waals surface area contributed by atoms with Crippen LogP contribution in [0.1, 0.15) is 20.3 Å². The molecule has 0 aromatic heterocycles. The smallest absolute Gasteiger partial charge is 0.326 e. The lowest BCUT2D eigenvalue weighted by Crippen LogP contribution is -2.53. The maximum Gasteiger partial charge on any atom is 0.326 e. The van der Waals surface area contributed by atoms with E-state index in [1.165, 1.54) is 4.90 Å². The number of nitrogens with zero attached hydrogens (tertiary/aromatic N) is 2. The number of carboxylic acids is 1. The molecule has 0 aliphatic carbocycles. The van der Waals surface area contributed by atoms with Gasteiger partial charge in [-0.25, -0.2) is 9.59 Å². The summed E-state index contributed by atoms with van der Waals surface area (Å²) < 4.78 is 0. The molecule has 110 valence electrons. The largest absolute Gasteiger partial charge is 0.480 e. The minimum atomic E-state index is -1.08. The third kappa shape index (κ3) is 3.81. The number of aliphatic hydroxyl groups excluding tert-OH is 1. The number of carboxylic acid groups (broad SMARTS) is 1. The molecule has 2 atom stereocenters. The van der Waals surface area contributed by atoms with Crippen LogP contribution in [0.25, 0.3) is 0 Å². The van der Waals surface area contributed by atoms with Gasteiger partial charge in [0.1, 0.15) is 6.04 Å². The van der Waals surface area contributed by atoms with Gasteiger partial charge in [0.25, 0.3) is 0 Å². The number of carbonyl (C=O) groups is 2. The predicted octanol–water partition coefficient (Wildman–Crippen LogP) is -0.444. The fourth-order valence-corrected chi connectivity index (χ4v) is 1.82. The second-order valence-corrected chi connectivity index (χ2v) is 5.76. The molecule has 0 bridgehead atoms. The van der Waals surface area contributed by atoms with E-state index in [1.54, 1.807) is 0 Å². The van der Waals surface area contributed by atoms with E-state index in [1.807, 2.05) is 32.8 Å². The van der Waals surface area contributed by atoms with Crippen molar-refractivity contribution >= 4 is 12.0 Å². The van der Waals surface area contributed by atoms with Crippen LogP contribution in [0.5, 0.6) is 0 Å². The van der Waals surface area contributed by atoms with Gasteiger partial charge in [0.2, 0.25) is 0 Å². The van der Waals surface area contributed by atoms with Crippen molar-refractivity contribution in [3.8, 4) is 0 Å². The third-order valence-electron chi connectivity index (χ3n) is 3.71. The molecule has 7 nitrogen and oxygen atoms in total. The van der Waals surface area contributed by atoms with Gasteiger partial charge in [-0.05, 0) is 27.9 Å². The lowest BCUT2D eigenvalue weighted by atomic mass is 10.0. The minimum Gasteiger partial charge on any atom is -0.480 e. The summed E-state index contributed by atoms with van der Waals surface area (Å²) in [6.45, 7) is 4.41. The number of rotatable bonds is 4. The fraction of sp³-hybridized carbons (Fsp3) is 0.833. The van der Waals surface area contributed by atoms with E-state index in [-0.39, 0.29) is 18.5 Å². The molecule has 19 heavy (non-hydrogen) atoms. The molecule has 0 unspecified atom stereocenters. The molecule has 2 amide bonds. The van der Waals surface area contributed by atoms with Crippen LogP contribution < -0.4 is 5.32 Å². The second kappa shape index (κ2) is 5.75. The van der Waals surface area contributed by atoms with Gasteiger partial charge in [0.05, 0.1) is 6.10 Å². The Balaban J connectivity index is 2.60. The van der Waals surface area contributed by atoms with Crippen molar-refractivity contribution < 1.29 is 19.8 Å². The standard InChI is InChI=1S/C12H23N3O4/c1-12(2,14(3)4)7-13-11(19)15-6-8(16)5-9(15)10(17)18/h8-9,16H,5-7H2,1-4H3,(H,13,19)(H,17,18)/t8-,9-/m1/s1. The summed E-state index contributed by atoms with van der Waals surface area (Å²) in [5.74, 6) is -1.08. The molecule has 0 saturated carbocycles. The van der Waals surface area contributed by atoms with Crippen molar-refractivity contribution in [3.63, 3.8) is 0 Å². The first-order chi connectivity index (χ1) is 8.65. The second-order valence-electron chi connectivity index (χ2n) is 5.76. The Kier molecular flexibility index (Phi) is 4.75. The number of urea groups is 1. The monoisotopic (exact) mass is 273 g/mol. The van der Waals surface area contributed by atoms with Crippen LogP contribution in [0.2, 0.25) is 0 Å². The van der Waals surface area contributed by atoms with E-state index in [0.717, 1.165) is 0 Å². The van der Waals surface area contributed by atoms with Gasteiger partial charge in [0.15, 0.2) is 0 Å². The Bertz CT molecular complexity index is 357. The van der Waals surface area contributed by atoms with Crippen LogP contribution in [0.4, 0.5) is 4.79 Å². The molecule has 0 aromatic rings. The molecule has 0 radical (unpaired) electrons. The van der Waals surface area contributed by atoms with E-state index >= 15 is 0 Å². The highest BCUT2D eigenvalue weighted by atomic mass is 16.4. The zero-order valence-electron chi connectivity index (χ0n) is 11.9. The minimum absolute atomic E-state index is 0.0607. The van der Waals surface area contributed by atoms with Crippen LogP contribution in [0.15, 0.2) is 0 Å². The molecule has 1 aliphatic rings. The molecular formula is C12H23N3O4. The van der Waals surface area contributed by atoms with Gasteiger partial charge in [-0.2, -0.15) is 0 Å². The van der Waals surface area contributed by atoms with Crippen molar-refractivity contribution in [1.29, 1.82) is 0 Å². The van der Waals surface area contributed by atoms with Crippen LogP contribution in [0.3, 0.4) is 0 Å². The van der Waals surface area contributed by atoms with Crippen LogP contribution in [-0.2, 0) is 4.79 Å². The Morgan fingerprint density at radius 1 is 1.42 bits per heavy atom. The number of nitrogens with one attached hydrogen (secondary N) is 1. The quantitative estimate of drug-likeness (QED) is 0.645. The lowest BCUT2D eigenvalue weighted by Gasteiger charge is -2.33. The number of amides is 2. The summed E-state index contributed by atoms with van der Waals surface area (Å²) in [5, 5.41) is 21.2. The SMILES string of the molecule is CN(C)C(C)(C)CNC(=O)N1C[C@H](O)C[C@@H]1C(=O)O. The number of aliphatic hydroxyl groups is 1. The molecule has 7 heteroatoms. The van der Waals surface area contributed by atoms with E-state index in [2.05, 4.69) is 5.32 Å². The summed E-state index contributed by atoms with van der Waals surface area (Å²) in [7, 11) is 3.82. The van der Waals surface area contributed by atoms with Crippen molar-refractivity contribution in [3.05, 3.63) is 0 Å². The van der Waals surface area contributed by atoms with E-state index in [9.17, 15) is 14.7 Å². The number of aliphatic carboxylic acids is 1. The summed E-state index contributed by atoms with van der Waals surface area (Å²) >= 11 is 0. The van der Waals surface area contributed by atoms with Crippen LogP contribution in [-0.4, -0.2) is 76.9 Å². The molecule has 0 spiro atoms. The van der Waals surface area contributed by atoms with E-state index < -0.39 is 24.1 Å². The van der Waals surface area contributed by atoms with Gasteiger partial charge in [-0.3, -0.25) is 0 Å². The highest BCUT2D eigenvalue weighted by molar-refractivity contribution is 5.83. The maximum atomic E-state index is 12.0. The molecule has 0 aromatic carbocycles. The summed E-state index contributed by atoms with van der Waals surface area (Å²) in [6.07, 6.45) is -0.687. The third-order valence-corrected chi connectivity index (χ3v) is 3.71. The Hall–Kier alpha value is -1.34. The number of hydrogen-bond donors (Lipinski definition) is 3.